The lowest BCUT2D eigenvalue weighted by molar-refractivity contribution is 0.396. The molecule has 0 radical (unpaired) electrons. The van der Waals surface area contributed by atoms with E-state index in [1.807, 2.05) is 25.1 Å². The SMILES string of the molecule is CN=C(NCc1cccc(OC)n1)NCc1nc(C)c(C)s1. The minimum Gasteiger partial charge on any atom is -0.481 e. The molecule has 0 bridgehead atoms. The van der Waals surface area contributed by atoms with Gasteiger partial charge >= 0.3 is 0 Å². The molecular formula is C15H21N5OS. The molecular weight excluding hydrogens is 298 g/mol. The van der Waals surface area contributed by atoms with Crippen molar-refractivity contribution in [2.24, 2.45) is 4.99 Å². The zero-order valence-electron chi connectivity index (χ0n) is 13.3. The third-order valence-corrected chi connectivity index (χ3v) is 4.20. The number of pyridine rings is 1. The highest BCUT2D eigenvalue weighted by Crippen LogP contribution is 2.15. The molecule has 2 aromatic heterocycles. The topological polar surface area (TPSA) is 71.4 Å². The van der Waals surface area contributed by atoms with Crippen molar-refractivity contribution in [1.29, 1.82) is 0 Å². The van der Waals surface area contributed by atoms with Gasteiger partial charge in [0.15, 0.2) is 5.96 Å². The van der Waals surface area contributed by atoms with Gasteiger partial charge in [0.05, 0.1) is 31.6 Å². The Morgan fingerprint density at radius 3 is 2.64 bits per heavy atom. The van der Waals surface area contributed by atoms with Gasteiger partial charge in [-0.1, -0.05) is 6.07 Å². The zero-order chi connectivity index (χ0) is 15.9. The molecule has 0 unspecified atom stereocenters. The number of aromatic nitrogens is 2. The number of aryl methyl sites for hydroxylation is 2. The highest BCUT2D eigenvalue weighted by molar-refractivity contribution is 7.11. The van der Waals surface area contributed by atoms with Crippen LogP contribution < -0.4 is 15.4 Å². The average molecular weight is 319 g/mol. The van der Waals surface area contributed by atoms with Crippen molar-refractivity contribution < 1.29 is 4.74 Å². The second-order valence-electron chi connectivity index (χ2n) is 4.70. The second-order valence-corrected chi connectivity index (χ2v) is 5.99. The maximum absolute atomic E-state index is 5.12. The second kappa shape index (κ2) is 7.74. The largest absolute Gasteiger partial charge is 0.481 e. The summed E-state index contributed by atoms with van der Waals surface area (Å²) in [6.45, 7) is 5.34. The Kier molecular flexibility index (Phi) is 5.71. The summed E-state index contributed by atoms with van der Waals surface area (Å²) in [5, 5.41) is 7.53. The van der Waals surface area contributed by atoms with Gasteiger partial charge in [-0.05, 0) is 19.9 Å². The summed E-state index contributed by atoms with van der Waals surface area (Å²) in [6.07, 6.45) is 0. The molecule has 0 aliphatic rings. The van der Waals surface area contributed by atoms with Crippen LogP contribution in [0.3, 0.4) is 0 Å². The highest BCUT2D eigenvalue weighted by atomic mass is 32.1. The molecule has 0 aliphatic heterocycles. The number of rotatable bonds is 5. The van der Waals surface area contributed by atoms with Gasteiger partial charge in [0.1, 0.15) is 5.01 Å². The van der Waals surface area contributed by atoms with Crippen molar-refractivity contribution in [3.63, 3.8) is 0 Å². The van der Waals surface area contributed by atoms with Crippen LogP contribution in [-0.2, 0) is 13.1 Å². The van der Waals surface area contributed by atoms with Crippen LogP contribution in [0.5, 0.6) is 5.88 Å². The van der Waals surface area contributed by atoms with Gasteiger partial charge in [0.2, 0.25) is 5.88 Å². The molecule has 6 nitrogen and oxygen atoms in total. The zero-order valence-corrected chi connectivity index (χ0v) is 14.1. The van der Waals surface area contributed by atoms with Crippen LogP contribution >= 0.6 is 11.3 Å². The minimum atomic E-state index is 0.576. The Bertz CT molecular complexity index is 634. The Morgan fingerprint density at radius 2 is 2.00 bits per heavy atom. The first kappa shape index (κ1) is 16.2. The number of hydrogen-bond donors (Lipinski definition) is 2. The predicted octanol–water partition coefficient (Wildman–Crippen LogP) is 2.03. The molecule has 2 aromatic rings. The van der Waals surface area contributed by atoms with Crippen molar-refractivity contribution in [2.75, 3.05) is 14.2 Å². The van der Waals surface area contributed by atoms with E-state index in [4.69, 9.17) is 4.74 Å². The van der Waals surface area contributed by atoms with Crippen molar-refractivity contribution in [3.8, 4) is 5.88 Å². The molecule has 118 valence electrons. The monoisotopic (exact) mass is 319 g/mol. The number of thiazole rings is 1. The molecule has 0 aliphatic carbocycles. The summed E-state index contributed by atoms with van der Waals surface area (Å²) in [5.74, 6) is 1.33. The van der Waals surface area contributed by atoms with Crippen molar-refractivity contribution >= 4 is 17.3 Å². The standard InChI is InChI=1S/C15H21N5OS/c1-10-11(2)22-14(19-10)9-18-15(16-3)17-8-12-6-5-7-13(20-12)21-4/h5-7H,8-9H2,1-4H3,(H2,16,17,18). The quantitative estimate of drug-likeness (QED) is 0.652. The summed E-state index contributed by atoms with van der Waals surface area (Å²) in [7, 11) is 3.35. The number of guanidine groups is 1. The van der Waals surface area contributed by atoms with Gasteiger partial charge in [-0.15, -0.1) is 11.3 Å². The highest BCUT2D eigenvalue weighted by Gasteiger charge is 2.05. The van der Waals surface area contributed by atoms with Gasteiger partial charge in [-0.25, -0.2) is 9.97 Å². The number of methoxy groups -OCH3 is 1. The van der Waals surface area contributed by atoms with Gasteiger partial charge in [0.25, 0.3) is 0 Å². The van der Waals surface area contributed by atoms with E-state index in [1.165, 1.54) is 4.88 Å². The van der Waals surface area contributed by atoms with E-state index < -0.39 is 0 Å². The maximum atomic E-state index is 5.12. The van der Waals surface area contributed by atoms with Crippen LogP contribution in [0.2, 0.25) is 0 Å². The molecule has 2 rings (SSSR count). The molecule has 2 heterocycles. The lowest BCUT2D eigenvalue weighted by Gasteiger charge is -2.11. The van der Waals surface area contributed by atoms with Crippen molar-refractivity contribution in [2.45, 2.75) is 26.9 Å². The van der Waals surface area contributed by atoms with E-state index in [0.717, 1.165) is 22.4 Å². The number of ether oxygens (including phenoxy) is 1. The Balaban J connectivity index is 1.87. The van der Waals surface area contributed by atoms with E-state index in [0.29, 0.717) is 19.0 Å². The fraction of sp³-hybridized carbons (Fsp3) is 0.400. The Morgan fingerprint density at radius 1 is 1.23 bits per heavy atom. The van der Waals surface area contributed by atoms with Crippen LogP contribution in [-0.4, -0.2) is 30.1 Å². The van der Waals surface area contributed by atoms with Crippen LogP contribution in [0, 0.1) is 13.8 Å². The third-order valence-electron chi connectivity index (χ3n) is 3.13. The molecule has 2 N–H and O–H groups in total. The van der Waals surface area contributed by atoms with E-state index >= 15 is 0 Å². The Hall–Kier alpha value is -2.15. The fourth-order valence-corrected chi connectivity index (χ4v) is 2.71. The van der Waals surface area contributed by atoms with E-state index in [9.17, 15) is 0 Å². The summed E-state index contributed by atoms with van der Waals surface area (Å²) < 4.78 is 5.12. The smallest absolute Gasteiger partial charge is 0.213 e. The van der Waals surface area contributed by atoms with Crippen molar-refractivity contribution in [3.05, 3.63) is 39.5 Å². The van der Waals surface area contributed by atoms with Gasteiger partial charge in [-0.2, -0.15) is 0 Å². The van der Waals surface area contributed by atoms with E-state index in [1.54, 1.807) is 25.5 Å². The third kappa shape index (κ3) is 4.42. The predicted molar refractivity (Wildman–Crippen MR) is 89.4 cm³/mol. The summed E-state index contributed by atoms with van der Waals surface area (Å²) in [5.41, 5.74) is 1.98. The van der Waals surface area contributed by atoms with Crippen LogP contribution in [0.4, 0.5) is 0 Å². The number of aliphatic imine (C=N–C) groups is 1. The number of nitrogens with zero attached hydrogens (tertiary/aromatic N) is 3. The fourth-order valence-electron chi connectivity index (χ4n) is 1.84. The molecule has 7 heteroatoms. The first-order chi connectivity index (χ1) is 10.6. The molecule has 0 saturated heterocycles. The Labute approximate surface area is 134 Å². The van der Waals surface area contributed by atoms with Gasteiger partial charge in [0, 0.05) is 18.0 Å². The van der Waals surface area contributed by atoms with Crippen LogP contribution in [0.15, 0.2) is 23.2 Å². The molecule has 22 heavy (non-hydrogen) atoms. The van der Waals surface area contributed by atoms with E-state index in [2.05, 4.69) is 32.5 Å². The van der Waals surface area contributed by atoms with Gasteiger partial charge < -0.3 is 15.4 Å². The molecule has 0 saturated carbocycles. The summed E-state index contributed by atoms with van der Waals surface area (Å²) in [6, 6.07) is 5.68. The molecule has 0 aromatic carbocycles. The minimum absolute atomic E-state index is 0.576. The maximum Gasteiger partial charge on any atom is 0.213 e. The summed E-state index contributed by atoms with van der Waals surface area (Å²) >= 11 is 1.70. The van der Waals surface area contributed by atoms with Crippen LogP contribution in [0.25, 0.3) is 0 Å². The normalized spacial score (nSPS) is 11.4. The molecule has 0 spiro atoms. The lowest BCUT2D eigenvalue weighted by atomic mass is 10.3. The molecule has 0 fully saturated rings. The van der Waals surface area contributed by atoms with Crippen LogP contribution in [0.1, 0.15) is 21.3 Å². The van der Waals surface area contributed by atoms with Crippen molar-refractivity contribution in [1.82, 2.24) is 20.6 Å². The number of nitrogens with one attached hydrogen (secondary N) is 2. The molecule has 0 amide bonds. The summed E-state index contributed by atoms with van der Waals surface area (Å²) in [4.78, 5) is 14.3. The average Bonchev–Trinajstić information content (AvgIpc) is 2.86. The van der Waals surface area contributed by atoms with E-state index in [-0.39, 0.29) is 0 Å². The first-order valence-corrected chi connectivity index (χ1v) is 7.81. The lowest BCUT2D eigenvalue weighted by Crippen LogP contribution is -2.36. The first-order valence-electron chi connectivity index (χ1n) is 6.99. The van der Waals surface area contributed by atoms with Gasteiger partial charge in [-0.3, -0.25) is 4.99 Å². The molecule has 0 atom stereocenters. The number of hydrogen-bond acceptors (Lipinski definition) is 5.